The fourth-order valence-electron chi connectivity index (χ4n) is 4.26. The van der Waals surface area contributed by atoms with Gasteiger partial charge in [0, 0.05) is 25.2 Å². The number of nitrogens with zero attached hydrogens (tertiary/aromatic N) is 1. The number of rotatable bonds is 9. The molecule has 1 unspecified atom stereocenters. The molecule has 1 aromatic heterocycles. The average Bonchev–Trinajstić information content (AvgIpc) is 3.28. The molecule has 1 aliphatic carbocycles. The van der Waals surface area contributed by atoms with E-state index in [1.807, 2.05) is 13.8 Å². The molecule has 1 saturated heterocycles. The summed E-state index contributed by atoms with van der Waals surface area (Å²) in [4.78, 5) is 13.0. The first-order valence-corrected chi connectivity index (χ1v) is 13.3. The van der Waals surface area contributed by atoms with Crippen molar-refractivity contribution in [2.75, 3.05) is 25.6 Å². The van der Waals surface area contributed by atoms with Crippen LogP contribution in [0.25, 0.3) is 0 Å². The normalized spacial score (nSPS) is 25.1. The molecule has 10 heteroatoms. The maximum atomic E-state index is 13.3. The van der Waals surface area contributed by atoms with Gasteiger partial charge in [0.15, 0.2) is 16.1 Å². The van der Waals surface area contributed by atoms with E-state index in [9.17, 15) is 13.2 Å². The van der Waals surface area contributed by atoms with Crippen molar-refractivity contribution in [3.05, 3.63) is 11.8 Å². The highest BCUT2D eigenvalue weighted by Crippen LogP contribution is 2.33. The highest BCUT2D eigenvalue weighted by atomic mass is 32.2. The van der Waals surface area contributed by atoms with Crippen LogP contribution in [0.2, 0.25) is 0 Å². The summed E-state index contributed by atoms with van der Waals surface area (Å²) < 4.78 is 47.1. The Labute approximate surface area is 196 Å². The highest BCUT2D eigenvalue weighted by Gasteiger charge is 2.47. The zero-order chi connectivity index (χ0) is 24.3. The Morgan fingerprint density at radius 1 is 1.15 bits per heavy atom. The van der Waals surface area contributed by atoms with Crippen molar-refractivity contribution in [1.29, 1.82) is 0 Å². The van der Waals surface area contributed by atoms with Gasteiger partial charge in [0.1, 0.15) is 4.75 Å². The highest BCUT2D eigenvalue weighted by molar-refractivity contribution is 7.94. The second-order valence-corrected chi connectivity index (χ2v) is 13.0. The minimum atomic E-state index is -3.72. The number of anilines is 1. The van der Waals surface area contributed by atoms with Crippen molar-refractivity contribution in [2.45, 2.75) is 100 Å². The summed E-state index contributed by atoms with van der Waals surface area (Å²) in [6, 6.07) is 1.62. The van der Waals surface area contributed by atoms with Gasteiger partial charge in [0.25, 0.3) is 0 Å². The molecular formula is C23H38N2O7S. The lowest BCUT2D eigenvalue weighted by Crippen LogP contribution is -2.49. The molecule has 1 aliphatic heterocycles. The Kier molecular flexibility index (Phi) is 8.24. The lowest BCUT2D eigenvalue weighted by atomic mass is 9.90. The number of carbonyl (C=O) groups excluding carboxylic acids is 1. The molecule has 33 heavy (non-hydrogen) atoms. The molecule has 2 heterocycles. The number of sulfone groups is 1. The standard InChI is InChI=1S/C23H38N2O7S/c1-22(2,15-31-20-8-6-7-13-30-20)18-14-19(32-25-18)24-21(26)23(3,4)33(27,28)17-11-9-16(29-5)10-12-17/h14,16-17,20H,6-13,15H2,1-5H3,(H,24,26)/t16-,17+,20?. The molecule has 2 aliphatic rings. The number of ether oxygens (including phenoxy) is 3. The summed E-state index contributed by atoms with van der Waals surface area (Å²) in [5.41, 5.74) is 0.127. The van der Waals surface area contributed by atoms with Crippen LogP contribution in [0.4, 0.5) is 5.88 Å². The number of nitrogens with one attached hydrogen (secondary N) is 1. The number of hydrogen-bond acceptors (Lipinski definition) is 8. The number of amides is 1. The van der Waals surface area contributed by atoms with Crippen LogP contribution in [-0.2, 0) is 34.3 Å². The molecule has 1 amide bonds. The third-order valence-corrected chi connectivity index (χ3v) is 9.82. The fraction of sp³-hybridized carbons (Fsp3) is 0.826. The summed E-state index contributed by atoms with van der Waals surface area (Å²) in [6.45, 7) is 7.89. The molecule has 2 fully saturated rings. The summed E-state index contributed by atoms with van der Waals surface area (Å²) in [5, 5.41) is 6.13. The molecule has 0 radical (unpaired) electrons. The molecule has 1 saturated carbocycles. The molecule has 1 N–H and O–H groups in total. The summed E-state index contributed by atoms with van der Waals surface area (Å²) in [6.07, 6.45) is 5.19. The van der Waals surface area contributed by atoms with E-state index in [-0.39, 0.29) is 18.3 Å². The summed E-state index contributed by atoms with van der Waals surface area (Å²) in [7, 11) is -2.08. The third kappa shape index (κ3) is 5.96. The van der Waals surface area contributed by atoms with Crippen LogP contribution in [0.15, 0.2) is 10.6 Å². The molecule has 0 aromatic carbocycles. The number of aromatic nitrogens is 1. The Hall–Kier alpha value is -1.49. The van der Waals surface area contributed by atoms with Crippen LogP contribution in [0.1, 0.15) is 78.3 Å². The first kappa shape index (κ1) is 26.1. The largest absolute Gasteiger partial charge is 0.381 e. The maximum absolute atomic E-state index is 13.3. The Balaban J connectivity index is 1.61. The van der Waals surface area contributed by atoms with E-state index in [2.05, 4.69) is 10.5 Å². The van der Waals surface area contributed by atoms with E-state index in [0.717, 1.165) is 19.3 Å². The summed E-state index contributed by atoms with van der Waals surface area (Å²) in [5.74, 6) is -0.521. The molecule has 0 spiro atoms. The van der Waals surface area contributed by atoms with Crippen LogP contribution in [0.5, 0.6) is 0 Å². The van der Waals surface area contributed by atoms with Gasteiger partial charge in [-0.2, -0.15) is 0 Å². The smallest absolute Gasteiger partial charge is 0.247 e. The molecule has 3 rings (SSSR count). The zero-order valence-corrected chi connectivity index (χ0v) is 21.2. The van der Waals surface area contributed by atoms with E-state index in [1.54, 1.807) is 13.2 Å². The second-order valence-electron chi connectivity index (χ2n) is 10.2. The van der Waals surface area contributed by atoms with Crippen LogP contribution in [0, 0.1) is 0 Å². The zero-order valence-electron chi connectivity index (χ0n) is 20.4. The van der Waals surface area contributed by atoms with Crippen molar-refractivity contribution in [2.24, 2.45) is 0 Å². The molecule has 9 nitrogen and oxygen atoms in total. The second kappa shape index (κ2) is 10.4. The van der Waals surface area contributed by atoms with Crippen LogP contribution >= 0.6 is 0 Å². The Morgan fingerprint density at radius 2 is 1.85 bits per heavy atom. The van der Waals surface area contributed by atoms with Crippen molar-refractivity contribution in [1.82, 2.24) is 5.16 Å². The molecular weight excluding hydrogens is 448 g/mol. The van der Waals surface area contributed by atoms with Gasteiger partial charge in [0.05, 0.1) is 23.7 Å². The number of methoxy groups -OCH3 is 1. The Bertz CT molecular complexity index is 896. The van der Waals surface area contributed by atoms with Crippen LogP contribution in [-0.4, -0.2) is 62.2 Å². The predicted molar refractivity (Wildman–Crippen MR) is 124 cm³/mol. The first-order chi connectivity index (χ1) is 15.5. The minimum Gasteiger partial charge on any atom is -0.381 e. The van der Waals surface area contributed by atoms with Crippen LogP contribution in [0.3, 0.4) is 0 Å². The van der Waals surface area contributed by atoms with Gasteiger partial charge in [-0.15, -0.1) is 0 Å². The first-order valence-electron chi connectivity index (χ1n) is 11.8. The van der Waals surface area contributed by atoms with Crippen molar-refractivity contribution in [3.8, 4) is 0 Å². The monoisotopic (exact) mass is 486 g/mol. The Morgan fingerprint density at radius 3 is 2.45 bits per heavy atom. The fourth-order valence-corrected chi connectivity index (χ4v) is 6.29. The van der Waals surface area contributed by atoms with Gasteiger partial charge >= 0.3 is 0 Å². The van der Waals surface area contributed by atoms with Crippen molar-refractivity contribution in [3.63, 3.8) is 0 Å². The van der Waals surface area contributed by atoms with Crippen LogP contribution < -0.4 is 5.32 Å². The molecule has 1 atom stereocenters. The van der Waals surface area contributed by atoms with Gasteiger partial charge in [-0.05, 0) is 58.8 Å². The van der Waals surface area contributed by atoms with Crippen molar-refractivity contribution >= 4 is 21.6 Å². The van der Waals surface area contributed by atoms with E-state index in [1.165, 1.54) is 13.8 Å². The molecule has 1 aromatic rings. The predicted octanol–water partition coefficient (Wildman–Crippen LogP) is 3.58. The maximum Gasteiger partial charge on any atom is 0.247 e. The summed E-state index contributed by atoms with van der Waals surface area (Å²) >= 11 is 0. The minimum absolute atomic E-state index is 0.0815. The number of hydrogen-bond donors (Lipinski definition) is 1. The number of carbonyl (C=O) groups is 1. The lowest BCUT2D eigenvalue weighted by Gasteiger charge is -2.33. The van der Waals surface area contributed by atoms with E-state index in [4.69, 9.17) is 18.7 Å². The van der Waals surface area contributed by atoms with E-state index < -0.39 is 31.2 Å². The van der Waals surface area contributed by atoms with Gasteiger partial charge < -0.3 is 18.7 Å². The SMILES string of the molecule is CO[C@H]1CC[C@@H](S(=O)(=O)C(C)(C)C(=O)Nc2cc(C(C)(C)COC3CCCCO3)no2)CC1. The van der Waals surface area contributed by atoms with E-state index in [0.29, 0.717) is 44.6 Å². The van der Waals surface area contributed by atoms with E-state index >= 15 is 0 Å². The lowest BCUT2D eigenvalue weighted by molar-refractivity contribution is -0.170. The van der Waals surface area contributed by atoms with Crippen molar-refractivity contribution < 1.29 is 31.9 Å². The molecule has 188 valence electrons. The van der Waals surface area contributed by atoms with Gasteiger partial charge in [0.2, 0.25) is 11.8 Å². The van der Waals surface area contributed by atoms with Gasteiger partial charge in [-0.25, -0.2) is 8.42 Å². The quantitative estimate of drug-likeness (QED) is 0.563. The van der Waals surface area contributed by atoms with Gasteiger partial charge in [-0.1, -0.05) is 19.0 Å². The van der Waals surface area contributed by atoms with Gasteiger partial charge in [-0.3, -0.25) is 10.1 Å². The molecule has 0 bridgehead atoms. The average molecular weight is 487 g/mol. The third-order valence-electron chi connectivity index (χ3n) is 6.86. The topological polar surface area (TPSA) is 117 Å².